The number of aliphatic hydroxyl groups is 2. The Morgan fingerprint density at radius 1 is 1.47 bits per heavy atom. The number of anilines is 1. The maximum Gasteiger partial charge on any atom is 0.471 e. The molecule has 1 fully saturated rings. The van der Waals surface area contributed by atoms with E-state index in [4.69, 9.17) is 15.2 Å². The second-order valence-electron chi connectivity index (χ2n) is 6.46. The Kier molecular flexibility index (Phi) is 6.25. The Balaban J connectivity index is 1.71. The van der Waals surface area contributed by atoms with Gasteiger partial charge in [0.2, 0.25) is 5.95 Å². The molecule has 166 valence electrons. The monoisotopic (exact) mass is 436 g/mol. The minimum Gasteiger partial charge on any atom is -0.394 e. The molecule has 2 unspecified atom stereocenters. The Morgan fingerprint density at radius 3 is 2.87 bits per heavy atom. The molecule has 3 rings (SSSR count). The minimum absolute atomic E-state index is 0.0110. The predicted molar refractivity (Wildman–Crippen MR) is 93.0 cm³/mol. The maximum absolute atomic E-state index is 12.2. The van der Waals surface area contributed by atoms with Gasteiger partial charge in [-0.15, -0.1) is 0 Å². The number of fused-ring (bicyclic) bond motifs is 1. The van der Waals surface area contributed by atoms with Crippen molar-refractivity contribution in [2.24, 2.45) is 0 Å². The Labute approximate surface area is 165 Å². The van der Waals surface area contributed by atoms with Gasteiger partial charge in [0.15, 0.2) is 17.4 Å². The number of nitrogen functional groups attached to an aromatic ring is 1. The zero-order valence-corrected chi connectivity index (χ0v) is 15.3. The zero-order chi connectivity index (χ0) is 22.1. The lowest BCUT2D eigenvalue weighted by molar-refractivity contribution is -0.173. The van der Waals surface area contributed by atoms with Crippen LogP contribution < -0.4 is 16.6 Å². The van der Waals surface area contributed by atoms with E-state index in [-0.39, 0.29) is 36.7 Å². The van der Waals surface area contributed by atoms with E-state index in [1.165, 1.54) is 10.9 Å². The Hall–Kier alpha value is -2.75. The van der Waals surface area contributed by atoms with E-state index in [0.717, 1.165) is 0 Å². The molecule has 0 aliphatic carbocycles. The fourth-order valence-corrected chi connectivity index (χ4v) is 3.00. The molecular formula is C15H19F3N6O6. The number of imidazole rings is 1. The number of carbonyl (C=O) groups is 1. The van der Waals surface area contributed by atoms with E-state index in [0.29, 0.717) is 0 Å². The molecular weight excluding hydrogens is 417 g/mol. The molecule has 1 saturated heterocycles. The summed E-state index contributed by atoms with van der Waals surface area (Å²) in [6.07, 6.45) is -8.19. The molecule has 4 atom stereocenters. The van der Waals surface area contributed by atoms with Crippen LogP contribution in [-0.4, -0.2) is 79.9 Å². The average Bonchev–Trinajstić information content (AvgIpc) is 3.21. The molecule has 2 aromatic rings. The molecule has 0 aromatic carbocycles. The number of hydrogen-bond donors (Lipinski definition) is 5. The van der Waals surface area contributed by atoms with Crippen LogP contribution in [0, 0.1) is 0 Å². The van der Waals surface area contributed by atoms with E-state index in [2.05, 4.69) is 15.0 Å². The van der Waals surface area contributed by atoms with Gasteiger partial charge in [0.25, 0.3) is 5.56 Å². The first kappa shape index (κ1) is 21.9. The molecule has 3 heterocycles. The van der Waals surface area contributed by atoms with Crippen LogP contribution in [0.4, 0.5) is 19.1 Å². The lowest BCUT2D eigenvalue weighted by Gasteiger charge is -2.22. The summed E-state index contributed by atoms with van der Waals surface area (Å²) in [5.41, 5.74) is 4.98. The number of aromatic nitrogens is 4. The normalized spacial score (nSPS) is 24.4. The van der Waals surface area contributed by atoms with Crippen LogP contribution in [0.3, 0.4) is 0 Å². The molecule has 15 heteroatoms. The zero-order valence-electron chi connectivity index (χ0n) is 15.3. The van der Waals surface area contributed by atoms with Crippen LogP contribution in [0.1, 0.15) is 12.6 Å². The van der Waals surface area contributed by atoms with Crippen molar-refractivity contribution in [3.63, 3.8) is 0 Å². The number of alkyl halides is 3. The highest BCUT2D eigenvalue weighted by molar-refractivity contribution is 5.81. The first-order chi connectivity index (χ1) is 14.1. The Morgan fingerprint density at radius 2 is 2.20 bits per heavy atom. The molecule has 6 N–H and O–H groups in total. The number of amides is 1. The van der Waals surface area contributed by atoms with Gasteiger partial charge >= 0.3 is 12.1 Å². The highest BCUT2D eigenvalue weighted by atomic mass is 19.4. The summed E-state index contributed by atoms with van der Waals surface area (Å²) in [5.74, 6) is -2.24. The minimum atomic E-state index is -4.98. The van der Waals surface area contributed by atoms with E-state index in [1.807, 2.05) is 0 Å². The van der Waals surface area contributed by atoms with Crippen LogP contribution in [0.25, 0.3) is 11.2 Å². The molecule has 0 bridgehead atoms. The number of aromatic amines is 1. The predicted octanol–water partition coefficient (Wildman–Crippen LogP) is -1.59. The van der Waals surface area contributed by atoms with Gasteiger partial charge in [0.05, 0.1) is 12.9 Å². The standard InChI is InChI=1S/C15H19F3N6O6/c16-15(17,18)13(28)20-2-1-3-29-9-8(26)6(4-25)30-12(9)24-5-21-7-10(24)22-14(19)23-11(7)27/h5-6,8-9,12,25-26H,1-4H2,(H,20,28)(H3,19,22,23,27)/t6-,8?,9?,12-/m1/s1. The molecule has 0 spiro atoms. The average molecular weight is 436 g/mol. The largest absolute Gasteiger partial charge is 0.471 e. The maximum atomic E-state index is 12.2. The SMILES string of the molecule is Nc1nc2c(ncn2[C@@H]2O[C@H](CO)C(O)C2OCCCNC(=O)C(F)(F)F)c(=O)[nH]1. The van der Waals surface area contributed by atoms with Gasteiger partial charge in [-0.05, 0) is 6.42 Å². The number of ether oxygens (including phenoxy) is 2. The molecule has 1 amide bonds. The lowest BCUT2D eigenvalue weighted by atomic mass is 10.1. The van der Waals surface area contributed by atoms with Crippen molar-refractivity contribution in [1.82, 2.24) is 24.8 Å². The summed E-state index contributed by atoms with van der Waals surface area (Å²) in [6, 6.07) is 0. The van der Waals surface area contributed by atoms with Crippen molar-refractivity contribution in [2.45, 2.75) is 37.1 Å². The van der Waals surface area contributed by atoms with Gasteiger partial charge < -0.3 is 30.7 Å². The summed E-state index contributed by atoms with van der Waals surface area (Å²) in [5, 5.41) is 21.5. The van der Waals surface area contributed by atoms with Crippen LogP contribution in [-0.2, 0) is 14.3 Å². The molecule has 30 heavy (non-hydrogen) atoms. The van der Waals surface area contributed by atoms with Gasteiger partial charge in [-0.3, -0.25) is 19.1 Å². The molecule has 0 saturated carbocycles. The van der Waals surface area contributed by atoms with Crippen molar-refractivity contribution in [1.29, 1.82) is 0 Å². The summed E-state index contributed by atoms with van der Waals surface area (Å²) in [7, 11) is 0. The summed E-state index contributed by atoms with van der Waals surface area (Å²) in [6.45, 7) is -0.986. The number of hydrogen-bond acceptors (Lipinski definition) is 9. The van der Waals surface area contributed by atoms with Gasteiger partial charge in [-0.2, -0.15) is 18.2 Å². The van der Waals surface area contributed by atoms with Crippen molar-refractivity contribution < 1.29 is 37.7 Å². The Bertz CT molecular complexity index is 962. The topological polar surface area (TPSA) is 178 Å². The first-order valence-corrected chi connectivity index (χ1v) is 8.76. The van der Waals surface area contributed by atoms with Gasteiger partial charge in [0, 0.05) is 13.2 Å². The number of carbonyl (C=O) groups excluding carboxylic acids is 1. The number of nitrogens with two attached hydrogens (primary N) is 1. The van der Waals surface area contributed by atoms with Crippen LogP contribution in [0.2, 0.25) is 0 Å². The third-order valence-corrected chi connectivity index (χ3v) is 4.39. The van der Waals surface area contributed by atoms with E-state index >= 15 is 0 Å². The first-order valence-electron chi connectivity index (χ1n) is 8.76. The van der Waals surface area contributed by atoms with E-state index in [9.17, 15) is 33.0 Å². The molecule has 1 aliphatic rings. The van der Waals surface area contributed by atoms with Crippen LogP contribution in [0.5, 0.6) is 0 Å². The number of rotatable bonds is 7. The van der Waals surface area contributed by atoms with Gasteiger partial charge in [0.1, 0.15) is 18.3 Å². The summed E-state index contributed by atoms with van der Waals surface area (Å²) < 4.78 is 48.9. The number of nitrogens with one attached hydrogen (secondary N) is 2. The molecule has 1 aliphatic heterocycles. The summed E-state index contributed by atoms with van der Waals surface area (Å²) >= 11 is 0. The van der Waals surface area contributed by atoms with Crippen molar-refractivity contribution in [3.05, 3.63) is 16.7 Å². The third kappa shape index (κ3) is 4.38. The second-order valence-corrected chi connectivity index (χ2v) is 6.46. The lowest BCUT2D eigenvalue weighted by Crippen LogP contribution is -2.38. The number of nitrogens with zero attached hydrogens (tertiary/aromatic N) is 3. The van der Waals surface area contributed by atoms with Crippen LogP contribution in [0.15, 0.2) is 11.1 Å². The van der Waals surface area contributed by atoms with E-state index < -0.39 is 48.8 Å². The summed E-state index contributed by atoms with van der Waals surface area (Å²) in [4.78, 5) is 32.9. The van der Waals surface area contributed by atoms with Gasteiger partial charge in [-0.25, -0.2) is 4.98 Å². The molecule has 12 nitrogen and oxygen atoms in total. The number of halogens is 3. The number of H-pyrrole nitrogens is 1. The fourth-order valence-electron chi connectivity index (χ4n) is 3.00. The highest BCUT2D eigenvalue weighted by Crippen LogP contribution is 2.33. The fraction of sp³-hybridized carbons (Fsp3) is 0.600. The van der Waals surface area contributed by atoms with E-state index in [1.54, 1.807) is 5.32 Å². The highest BCUT2D eigenvalue weighted by Gasteiger charge is 2.46. The molecule has 0 radical (unpaired) electrons. The van der Waals surface area contributed by atoms with Gasteiger partial charge in [-0.1, -0.05) is 0 Å². The third-order valence-electron chi connectivity index (χ3n) is 4.39. The smallest absolute Gasteiger partial charge is 0.394 e. The quantitative estimate of drug-likeness (QED) is 0.320. The van der Waals surface area contributed by atoms with Crippen molar-refractivity contribution in [3.8, 4) is 0 Å². The molecule has 2 aromatic heterocycles. The number of aliphatic hydroxyl groups excluding tert-OH is 2. The second kappa shape index (κ2) is 8.55. The van der Waals surface area contributed by atoms with Crippen LogP contribution >= 0.6 is 0 Å². The van der Waals surface area contributed by atoms with Crippen molar-refractivity contribution in [2.75, 3.05) is 25.5 Å². The van der Waals surface area contributed by atoms with Crippen molar-refractivity contribution >= 4 is 23.0 Å².